The molecule has 0 spiro atoms. The smallest absolute Gasteiger partial charge is 0.238 e. The molecular weight excluding hydrogens is 387 g/mol. The fourth-order valence-corrected chi connectivity index (χ4v) is 3.86. The van der Waals surface area contributed by atoms with E-state index in [1.807, 2.05) is 4.90 Å². The fourth-order valence-electron chi connectivity index (χ4n) is 3.53. The van der Waals surface area contributed by atoms with Gasteiger partial charge >= 0.3 is 0 Å². The highest BCUT2D eigenvalue weighted by atomic mass is 35.5. The molecule has 0 atom stereocenters. The number of hydrogen-bond acceptors (Lipinski definition) is 4. The molecule has 6 nitrogen and oxygen atoms in total. The average Bonchev–Trinajstić information content (AvgIpc) is 2.67. The normalized spacial score (nSPS) is 19.1. The van der Waals surface area contributed by atoms with E-state index >= 15 is 0 Å². The summed E-state index contributed by atoms with van der Waals surface area (Å²) in [4.78, 5) is 30.9. The Morgan fingerprint density at radius 3 is 2.19 bits per heavy atom. The van der Waals surface area contributed by atoms with E-state index in [4.69, 9.17) is 23.2 Å². The maximum atomic E-state index is 12.4. The Balaban J connectivity index is 1.40. The first-order chi connectivity index (χ1) is 13.0. The number of carbonyl (C=O) groups excluding carboxylic acids is 2. The van der Waals surface area contributed by atoms with Gasteiger partial charge in [0.2, 0.25) is 11.8 Å². The van der Waals surface area contributed by atoms with E-state index in [0.29, 0.717) is 28.8 Å². The third kappa shape index (κ3) is 6.07. The van der Waals surface area contributed by atoms with Gasteiger partial charge in [-0.1, -0.05) is 23.2 Å². The van der Waals surface area contributed by atoms with Crippen molar-refractivity contribution < 1.29 is 9.59 Å². The highest BCUT2D eigenvalue weighted by molar-refractivity contribution is 6.35. The summed E-state index contributed by atoms with van der Waals surface area (Å²) < 4.78 is 0. The van der Waals surface area contributed by atoms with Crippen molar-refractivity contribution in [2.24, 2.45) is 0 Å². The molecule has 1 aromatic carbocycles. The number of nitrogens with zero attached hydrogens (tertiary/aromatic N) is 3. The Morgan fingerprint density at radius 2 is 1.52 bits per heavy atom. The van der Waals surface area contributed by atoms with E-state index in [0.717, 1.165) is 52.1 Å². The van der Waals surface area contributed by atoms with Gasteiger partial charge in [-0.05, 0) is 37.5 Å². The summed E-state index contributed by atoms with van der Waals surface area (Å²) >= 11 is 12.0. The van der Waals surface area contributed by atoms with Gasteiger partial charge in [0.1, 0.15) is 0 Å². The lowest BCUT2D eigenvalue weighted by Gasteiger charge is -2.35. The molecule has 2 heterocycles. The molecule has 0 radical (unpaired) electrons. The van der Waals surface area contributed by atoms with Gasteiger partial charge in [-0.3, -0.25) is 19.4 Å². The lowest BCUT2D eigenvalue weighted by molar-refractivity contribution is -0.134. The summed E-state index contributed by atoms with van der Waals surface area (Å²) in [6.45, 7) is 5.70. The minimum atomic E-state index is -0.114. The van der Waals surface area contributed by atoms with Crippen LogP contribution in [0.3, 0.4) is 0 Å². The van der Waals surface area contributed by atoms with Crippen LogP contribution in [0.5, 0.6) is 0 Å². The summed E-state index contributed by atoms with van der Waals surface area (Å²) in [5.41, 5.74) is 0.528. The molecule has 148 valence electrons. The minimum Gasteiger partial charge on any atom is -0.342 e. The molecular formula is C19H26Cl2N4O2. The molecule has 0 saturated carbocycles. The van der Waals surface area contributed by atoms with Gasteiger partial charge < -0.3 is 10.2 Å². The first kappa shape index (κ1) is 20.4. The van der Waals surface area contributed by atoms with Crippen LogP contribution in [0, 0.1) is 0 Å². The molecule has 2 amide bonds. The predicted octanol–water partition coefficient (Wildman–Crippen LogP) is 2.56. The number of amides is 2. The number of piperidine rings is 1. The van der Waals surface area contributed by atoms with Gasteiger partial charge in [-0.15, -0.1) is 0 Å². The Hall–Kier alpha value is -1.34. The van der Waals surface area contributed by atoms with Crippen LogP contribution in [0.15, 0.2) is 18.2 Å². The number of anilines is 1. The molecule has 3 rings (SSSR count). The zero-order valence-corrected chi connectivity index (χ0v) is 16.9. The first-order valence-electron chi connectivity index (χ1n) is 9.48. The second-order valence-corrected chi connectivity index (χ2v) is 8.01. The number of hydrogen-bond donors (Lipinski definition) is 1. The monoisotopic (exact) mass is 412 g/mol. The van der Waals surface area contributed by atoms with Crippen molar-refractivity contribution in [2.45, 2.75) is 19.3 Å². The van der Waals surface area contributed by atoms with E-state index in [-0.39, 0.29) is 11.8 Å². The van der Waals surface area contributed by atoms with E-state index < -0.39 is 0 Å². The number of halogens is 2. The number of benzene rings is 1. The van der Waals surface area contributed by atoms with E-state index in [1.54, 1.807) is 18.2 Å². The lowest BCUT2D eigenvalue weighted by Crippen LogP contribution is -2.51. The predicted molar refractivity (Wildman–Crippen MR) is 108 cm³/mol. The van der Waals surface area contributed by atoms with Crippen LogP contribution in [-0.4, -0.2) is 78.9 Å². The number of rotatable bonds is 5. The SMILES string of the molecule is O=C(CN1CCN(CC(=O)N2CCCCC2)CC1)Nc1cc(Cl)ccc1Cl. The van der Waals surface area contributed by atoms with Crippen molar-refractivity contribution in [3.8, 4) is 0 Å². The first-order valence-corrected chi connectivity index (χ1v) is 10.2. The number of piperazine rings is 1. The van der Waals surface area contributed by atoms with Crippen LogP contribution in [-0.2, 0) is 9.59 Å². The number of nitrogens with one attached hydrogen (secondary N) is 1. The molecule has 8 heteroatoms. The third-order valence-corrected chi connectivity index (χ3v) is 5.67. The second-order valence-electron chi connectivity index (χ2n) is 7.17. The van der Waals surface area contributed by atoms with Crippen LogP contribution < -0.4 is 5.32 Å². The van der Waals surface area contributed by atoms with Gasteiger partial charge in [-0.2, -0.15) is 0 Å². The minimum absolute atomic E-state index is 0.114. The molecule has 2 fully saturated rings. The van der Waals surface area contributed by atoms with E-state index in [1.165, 1.54) is 6.42 Å². The Bertz CT molecular complexity index is 672. The highest BCUT2D eigenvalue weighted by Crippen LogP contribution is 2.25. The topological polar surface area (TPSA) is 55.9 Å². The molecule has 0 bridgehead atoms. The van der Waals surface area contributed by atoms with Crippen molar-refractivity contribution in [1.29, 1.82) is 0 Å². The Morgan fingerprint density at radius 1 is 0.889 bits per heavy atom. The fraction of sp³-hybridized carbons (Fsp3) is 0.579. The third-order valence-electron chi connectivity index (χ3n) is 5.10. The van der Waals surface area contributed by atoms with E-state index in [2.05, 4.69) is 15.1 Å². The van der Waals surface area contributed by atoms with E-state index in [9.17, 15) is 9.59 Å². The standard InChI is InChI=1S/C19H26Cl2N4O2/c20-15-4-5-16(21)17(12-15)22-18(26)13-23-8-10-24(11-9-23)14-19(27)25-6-2-1-3-7-25/h4-5,12H,1-3,6-11,13-14H2,(H,22,26). The summed E-state index contributed by atoms with van der Waals surface area (Å²) in [5, 5.41) is 3.81. The Labute approximate surface area is 170 Å². The molecule has 0 aliphatic carbocycles. The molecule has 0 aromatic heterocycles. The number of carbonyl (C=O) groups is 2. The zero-order valence-electron chi connectivity index (χ0n) is 15.4. The van der Waals surface area contributed by atoms with Crippen LogP contribution in [0.2, 0.25) is 10.0 Å². The van der Waals surface area contributed by atoms with Gasteiger partial charge in [0, 0.05) is 44.3 Å². The maximum Gasteiger partial charge on any atom is 0.238 e. The highest BCUT2D eigenvalue weighted by Gasteiger charge is 2.23. The van der Waals surface area contributed by atoms with Crippen LogP contribution in [0.1, 0.15) is 19.3 Å². The Kier molecular flexibility index (Phi) is 7.35. The summed E-state index contributed by atoms with van der Waals surface area (Å²) in [5.74, 6) is 0.119. The molecule has 27 heavy (non-hydrogen) atoms. The van der Waals surface area contributed by atoms with Crippen molar-refractivity contribution >= 4 is 40.7 Å². The second kappa shape index (κ2) is 9.73. The molecule has 2 aliphatic rings. The average molecular weight is 413 g/mol. The lowest BCUT2D eigenvalue weighted by atomic mass is 10.1. The largest absolute Gasteiger partial charge is 0.342 e. The van der Waals surface area contributed by atoms with Crippen molar-refractivity contribution in [1.82, 2.24) is 14.7 Å². The molecule has 0 unspecified atom stereocenters. The van der Waals surface area contributed by atoms with Crippen LogP contribution >= 0.6 is 23.2 Å². The quantitative estimate of drug-likeness (QED) is 0.807. The van der Waals surface area contributed by atoms with Gasteiger partial charge in [0.05, 0.1) is 23.8 Å². The van der Waals surface area contributed by atoms with Crippen LogP contribution in [0.25, 0.3) is 0 Å². The van der Waals surface area contributed by atoms with Crippen molar-refractivity contribution in [3.05, 3.63) is 28.2 Å². The van der Waals surface area contributed by atoms with Crippen LogP contribution in [0.4, 0.5) is 5.69 Å². The summed E-state index contributed by atoms with van der Waals surface area (Å²) in [6, 6.07) is 4.99. The summed E-state index contributed by atoms with van der Waals surface area (Å²) in [7, 11) is 0. The van der Waals surface area contributed by atoms with Gasteiger partial charge in [-0.25, -0.2) is 0 Å². The van der Waals surface area contributed by atoms with Crippen molar-refractivity contribution in [2.75, 3.05) is 57.7 Å². The molecule has 1 N–H and O–H groups in total. The summed E-state index contributed by atoms with van der Waals surface area (Å²) in [6.07, 6.45) is 3.46. The van der Waals surface area contributed by atoms with Gasteiger partial charge in [0.15, 0.2) is 0 Å². The van der Waals surface area contributed by atoms with Gasteiger partial charge in [0.25, 0.3) is 0 Å². The van der Waals surface area contributed by atoms with Crippen molar-refractivity contribution in [3.63, 3.8) is 0 Å². The molecule has 2 aliphatic heterocycles. The molecule has 2 saturated heterocycles. The number of likely N-dealkylation sites (tertiary alicyclic amines) is 1. The maximum absolute atomic E-state index is 12.4. The zero-order chi connectivity index (χ0) is 19.2. The molecule has 1 aromatic rings.